The molecule has 1 saturated carbocycles. The number of furan rings is 1. The lowest BCUT2D eigenvalue weighted by Gasteiger charge is -2.37. The van der Waals surface area contributed by atoms with Crippen molar-refractivity contribution in [2.24, 2.45) is 17.3 Å². The van der Waals surface area contributed by atoms with Crippen molar-refractivity contribution in [2.45, 2.75) is 25.7 Å². The van der Waals surface area contributed by atoms with Crippen molar-refractivity contribution in [2.75, 3.05) is 32.8 Å². The molecule has 0 aromatic carbocycles. The Kier molecular flexibility index (Phi) is 4.08. The summed E-state index contributed by atoms with van der Waals surface area (Å²) >= 11 is 0. The van der Waals surface area contributed by atoms with E-state index in [9.17, 15) is 9.59 Å². The third kappa shape index (κ3) is 2.95. The van der Waals surface area contributed by atoms with Crippen LogP contribution in [0.3, 0.4) is 0 Å². The summed E-state index contributed by atoms with van der Waals surface area (Å²) in [6.45, 7) is 3.22. The molecule has 130 valence electrons. The fourth-order valence-corrected chi connectivity index (χ4v) is 4.03. The van der Waals surface area contributed by atoms with Crippen molar-refractivity contribution < 1.29 is 18.7 Å². The van der Waals surface area contributed by atoms with Crippen LogP contribution < -0.4 is 5.32 Å². The van der Waals surface area contributed by atoms with Gasteiger partial charge in [-0.25, -0.2) is 0 Å². The number of rotatable bonds is 4. The maximum absolute atomic E-state index is 12.8. The van der Waals surface area contributed by atoms with Crippen LogP contribution in [0.4, 0.5) is 0 Å². The zero-order chi connectivity index (χ0) is 16.6. The third-order valence-corrected chi connectivity index (χ3v) is 5.77. The Labute approximate surface area is 141 Å². The fourth-order valence-electron chi connectivity index (χ4n) is 4.03. The number of hydrogen-bond donors (Lipinski definition) is 1. The molecule has 2 saturated heterocycles. The van der Waals surface area contributed by atoms with Gasteiger partial charge in [0.1, 0.15) is 6.26 Å². The number of amides is 2. The van der Waals surface area contributed by atoms with Gasteiger partial charge in [0.05, 0.1) is 17.7 Å². The molecule has 4 rings (SSSR count). The third-order valence-electron chi connectivity index (χ3n) is 5.77. The van der Waals surface area contributed by atoms with Crippen molar-refractivity contribution in [3.63, 3.8) is 0 Å². The molecule has 1 N–H and O–H groups in total. The average Bonchev–Trinajstić information content (AvgIpc) is 3.13. The number of nitrogens with zero attached hydrogens (tertiary/aromatic N) is 1. The number of hydrogen-bond acceptors (Lipinski definition) is 4. The van der Waals surface area contributed by atoms with Gasteiger partial charge in [0.15, 0.2) is 0 Å². The van der Waals surface area contributed by atoms with E-state index in [1.807, 2.05) is 4.90 Å². The largest absolute Gasteiger partial charge is 0.472 e. The van der Waals surface area contributed by atoms with Gasteiger partial charge in [0, 0.05) is 38.3 Å². The maximum atomic E-state index is 12.8. The SMILES string of the molecule is O=C(NCC1CC1)[C@H]1CN(C(=O)c2ccoc2)CC12CCOCC2. The monoisotopic (exact) mass is 332 g/mol. The van der Waals surface area contributed by atoms with Crippen LogP contribution in [0.5, 0.6) is 0 Å². The summed E-state index contributed by atoms with van der Waals surface area (Å²) in [7, 11) is 0. The molecule has 2 aliphatic heterocycles. The van der Waals surface area contributed by atoms with Gasteiger partial charge in [-0.2, -0.15) is 0 Å². The van der Waals surface area contributed by atoms with E-state index < -0.39 is 0 Å². The fraction of sp³-hybridized carbons (Fsp3) is 0.667. The van der Waals surface area contributed by atoms with Crippen molar-refractivity contribution in [1.82, 2.24) is 10.2 Å². The summed E-state index contributed by atoms with van der Waals surface area (Å²) in [5, 5.41) is 3.12. The van der Waals surface area contributed by atoms with Gasteiger partial charge in [-0.15, -0.1) is 0 Å². The van der Waals surface area contributed by atoms with E-state index in [4.69, 9.17) is 9.15 Å². The first-order valence-corrected chi connectivity index (χ1v) is 8.85. The summed E-state index contributed by atoms with van der Waals surface area (Å²) < 4.78 is 10.5. The van der Waals surface area contributed by atoms with E-state index in [1.54, 1.807) is 6.07 Å². The van der Waals surface area contributed by atoms with Crippen molar-refractivity contribution in [3.05, 3.63) is 24.2 Å². The molecule has 0 radical (unpaired) electrons. The maximum Gasteiger partial charge on any atom is 0.257 e. The van der Waals surface area contributed by atoms with Gasteiger partial charge < -0.3 is 19.4 Å². The summed E-state index contributed by atoms with van der Waals surface area (Å²) in [5.41, 5.74) is 0.405. The summed E-state index contributed by atoms with van der Waals surface area (Å²) in [6.07, 6.45) is 7.09. The number of likely N-dealkylation sites (tertiary alicyclic amines) is 1. The Balaban J connectivity index is 1.50. The van der Waals surface area contributed by atoms with Crippen LogP contribution in [0.1, 0.15) is 36.0 Å². The van der Waals surface area contributed by atoms with Gasteiger partial charge in [-0.05, 0) is 37.7 Å². The molecule has 1 aromatic heterocycles. The van der Waals surface area contributed by atoms with Crippen LogP contribution in [-0.4, -0.2) is 49.6 Å². The van der Waals surface area contributed by atoms with Crippen LogP contribution in [0, 0.1) is 17.3 Å². The number of ether oxygens (including phenoxy) is 1. The first-order chi connectivity index (χ1) is 11.7. The standard InChI is InChI=1S/C18H24N2O4/c21-16(19-9-13-1-2-13)15-10-20(17(22)14-3-6-24-11-14)12-18(15)4-7-23-8-5-18/h3,6,11,13,15H,1-2,4-5,7-10,12H2,(H,19,21)/t15-/m1/s1. The van der Waals surface area contributed by atoms with Gasteiger partial charge >= 0.3 is 0 Å². The number of carbonyl (C=O) groups excluding carboxylic acids is 2. The van der Waals surface area contributed by atoms with Crippen LogP contribution in [-0.2, 0) is 9.53 Å². The summed E-state index contributed by atoms with van der Waals surface area (Å²) in [4.78, 5) is 27.3. The van der Waals surface area contributed by atoms with E-state index in [1.165, 1.54) is 25.4 Å². The first-order valence-electron chi connectivity index (χ1n) is 8.85. The molecule has 0 bridgehead atoms. The van der Waals surface area contributed by atoms with Crippen molar-refractivity contribution >= 4 is 11.8 Å². The molecule has 3 fully saturated rings. The second kappa shape index (κ2) is 6.24. The lowest BCUT2D eigenvalue weighted by atomic mass is 9.71. The molecule has 1 atom stereocenters. The molecule has 0 unspecified atom stereocenters. The first kappa shape index (κ1) is 15.7. The lowest BCUT2D eigenvalue weighted by molar-refractivity contribution is -0.129. The minimum atomic E-state index is -0.148. The van der Waals surface area contributed by atoms with Crippen LogP contribution >= 0.6 is 0 Å². The molecule has 6 heteroatoms. The molecule has 1 aromatic rings. The summed E-state index contributed by atoms with van der Waals surface area (Å²) in [5.74, 6) is 0.569. The van der Waals surface area contributed by atoms with E-state index in [-0.39, 0.29) is 23.1 Å². The Bertz CT molecular complexity index is 603. The molecule has 2 amide bonds. The average molecular weight is 332 g/mol. The lowest BCUT2D eigenvalue weighted by Crippen LogP contribution is -2.44. The molecule has 24 heavy (non-hydrogen) atoms. The van der Waals surface area contributed by atoms with Gasteiger partial charge in [-0.1, -0.05) is 0 Å². The van der Waals surface area contributed by atoms with Gasteiger partial charge in [0.2, 0.25) is 5.91 Å². The number of carbonyl (C=O) groups is 2. The topological polar surface area (TPSA) is 71.8 Å². The molecule has 6 nitrogen and oxygen atoms in total. The molecule has 3 heterocycles. The zero-order valence-corrected chi connectivity index (χ0v) is 13.8. The van der Waals surface area contributed by atoms with Gasteiger partial charge in [0.25, 0.3) is 5.91 Å². The Morgan fingerprint density at radius 1 is 1.29 bits per heavy atom. The van der Waals surface area contributed by atoms with E-state index >= 15 is 0 Å². The minimum absolute atomic E-state index is 0.0490. The normalized spacial score (nSPS) is 25.8. The Hall–Kier alpha value is -1.82. The zero-order valence-electron chi connectivity index (χ0n) is 13.8. The Morgan fingerprint density at radius 3 is 2.75 bits per heavy atom. The number of nitrogens with one attached hydrogen (secondary N) is 1. The van der Waals surface area contributed by atoms with Crippen LogP contribution in [0.25, 0.3) is 0 Å². The Morgan fingerprint density at radius 2 is 2.08 bits per heavy atom. The molecule has 3 aliphatic rings. The highest BCUT2D eigenvalue weighted by Crippen LogP contribution is 2.45. The smallest absolute Gasteiger partial charge is 0.257 e. The molecule has 1 spiro atoms. The van der Waals surface area contributed by atoms with Crippen molar-refractivity contribution in [3.8, 4) is 0 Å². The van der Waals surface area contributed by atoms with E-state index in [0.717, 1.165) is 19.4 Å². The predicted octanol–water partition coefficient (Wildman–Crippen LogP) is 1.67. The molecular weight excluding hydrogens is 308 g/mol. The van der Waals surface area contributed by atoms with E-state index in [0.29, 0.717) is 37.8 Å². The summed E-state index contributed by atoms with van der Waals surface area (Å²) in [6, 6.07) is 1.68. The molecule has 1 aliphatic carbocycles. The highest BCUT2D eigenvalue weighted by molar-refractivity contribution is 5.94. The minimum Gasteiger partial charge on any atom is -0.472 e. The quantitative estimate of drug-likeness (QED) is 0.910. The van der Waals surface area contributed by atoms with E-state index in [2.05, 4.69) is 5.32 Å². The van der Waals surface area contributed by atoms with Crippen LogP contribution in [0.15, 0.2) is 23.0 Å². The molecular formula is C18H24N2O4. The van der Waals surface area contributed by atoms with Gasteiger partial charge in [-0.3, -0.25) is 9.59 Å². The predicted molar refractivity (Wildman–Crippen MR) is 86.3 cm³/mol. The van der Waals surface area contributed by atoms with Crippen LogP contribution in [0.2, 0.25) is 0 Å². The second-order valence-corrected chi connectivity index (χ2v) is 7.41. The highest BCUT2D eigenvalue weighted by Gasteiger charge is 2.51. The highest BCUT2D eigenvalue weighted by atomic mass is 16.5. The second-order valence-electron chi connectivity index (χ2n) is 7.41. The van der Waals surface area contributed by atoms with Crippen molar-refractivity contribution in [1.29, 1.82) is 0 Å².